The summed E-state index contributed by atoms with van der Waals surface area (Å²) in [6, 6.07) is 0. The molecule has 0 radical (unpaired) electrons. The Kier molecular flexibility index (Phi) is 108. The molecule has 0 aliphatic rings. The van der Waals surface area contributed by atoms with E-state index in [0.29, 0.717) is 0 Å². The van der Waals surface area contributed by atoms with E-state index in [1.54, 1.807) is 0 Å². The molecule has 0 rings (SSSR count). The quantitative estimate of drug-likeness (QED) is 0.0316. The Morgan fingerprint density at radius 1 is 0.165 bits per heavy atom. The van der Waals surface area contributed by atoms with E-state index in [1.807, 2.05) is 0 Å². The van der Waals surface area contributed by atoms with Crippen molar-refractivity contribution in [3.8, 4) is 0 Å². The van der Waals surface area contributed by atoms with Crippen LogP contribution < -0.4 is 14.7 Å². The summed E-state index contributed by atoms with van der Waals surface area (Å²) < 4.78 is 83.3. The predicted octanol–water partition coefficient (Wildman–Crippen LogP) is 31.2. The van der Waals surface area contributed by atoms with Crippen molar-refractivity contribution in [1.82, 2.24) is 0 Å². The summed E-state index contributed by atoms with van der Waals surface area (Å²) in [6.45, 7) is 26.7. The van der Waals surface area contributed by atoms with E-state index in [2.05, 4.69) is 62.3 Å². The Morgan fingerprint density at radius 3 is 0.470 bits per heavy atom. The number of hydrogen-bond donors (Lipinski definition) is 0. The summed E-state index contributed by atoms with van der Waals surface area (Å²) in [6.07, 6.45) is 88.1. The maximum Gasteiger partial charge on any atom is 3.00 e. The molecule has 115 heavy (non-hydrogen) atoms. The molecule has 0 aliphatic carbocycles. The molecule has 0 saturated carbocycles. The van der Waals surface area contributed by atoms with Crippen LogP contribution in [0.15, 0.2) is 0 Å². The molecule has 0 fully saturated rings. The minimum atomic E-state index is -4.15. The van der Waals surface area contributed by atoms with Gasteiger partial charge in [-0.15, -0.1) is 0 Å². The molecule has 0 aromatic rings. The van der Waals surface area contributed by atoms with Gasteiger partial charge >= 0.3 is 17.4 Å². The van der Waals surface area contributed by atoms with E-state index in [0.717, 1.165) is 211 Å². The summed E-state index contributed by atoms with van der Waals surface area (Å²) in [5, 5.41) is 0. The number of unbranched alkanes of at least 4 members (excludes halogenated alkanes) is 48. The van der Waals surface area contributed by atoms with Gasteiger partial charge in [-0.25, -0.2) is 0 Å². The van der Waals surface area contributed by atoms with Gasteiger partial charge in [0.1, 0.15) is 0 Å². The molecule has 0 aliphatic heterocycles. The molecule has 15 nitrogen and oxygen atoms in total. The predicted molar refractivity (Wildman–Crippen MR) is 491 cm³/mol. The third kappa shape index (κ3) is 105. The third-order valence-electron chi connectivity index (χ3n) is 22.4. The van der Waals surface area contributed by atoms with Crippen LogP contribution in [0.5, 0.6) is 0 Å². The summed E-state index contributed by atoms with van der Waals surface area (Å²) in [4.78, 5) is 36.0. The number of phosphoric acid groups is 3. The van der Waals surface area contributed by atoms with Crippen LogP contribution in [0.25, 0.3) is 0 Å². The van der Waals surface area contributed by atoms with Crippen molar-refractivity contribution in [1.29, 1.82) is 0 Å². The first-order chi connectivity index (χ1) is 55.7. The van der Waals surface area contributed by atoms with Crippen LogP contribution in [0.1, 0.15) is 525 Å². The molecule has 6 atom stereocenters. The first-order valence-corrected chi connectivity index (χ1v) is 54.6. The molecule has 0 N–H and O–H groups in total. The third-order valence-corrected chi connectivity index (χ3v) is 25.4. The second kappa shape index (κ2) is 102. The standard InChI is InChI=1S/3C32H67O5P.Al/c3*1-4-7-9-10-11-12-13-14-15-16-17-18-19-22-30-36-38(33,34)37-31-23-20-21-26-32(25-8-5-2)27-24-29-35-28-6-3;/h3*32H,4-31H2,1-3H3,(H,33,34);/q;;;+3/p-3. The first-order valence-electron chi connectivity index (χ1n) is 50.2. The van der Waals surface area contributed by atoms with Gasteiger partial charge in [-0.2, -0.15) is 0 Å². The van der Waals surface area contributed by atoms with E-state index < -0.39 is 23.5 Å². The summed E-state index contributed by atoms with van der Waals surface area (Å²) in [5.74, 6) is 2.29. The molecule has 6 unspecified atom stereocenters. The Hall–Kier alpha value is 0.742. The summed E-state index contributed by atoms with van der Waals surface area (Å²) >= 11 is 0. The molecule has 19 heteroatoms. The SMILES string of the molecule is CCCCCCCCCCCCCCCCOP(=O)([O-])OCCCCCC(CCCC)CCCOCCC.CCCCCCCCCCCCCCCCOP(=O)([O-])OCCCCCC(CCCC)CCCOCCC.CCCCCCCCCCCCCCCCOP(=O)([O-])OCCCCCC(CCCC)CCCOCCC.[Al+3]. The molecule has 0 amide bonds. The van der Waals surface area contributed by atoms with Gasteiger partial charge in [0, 0.05) is 39.6 Å². The second-order valence-electron chi connectivity index (χ2n) is 34.0. The molecule has 0 spiro atoms. The molecular weight excluding hydrogens is 1510 g/mol. The number of phosphoric ester groups is 3. The van der Waals surface area contributed by atoms with Crippen molar-refractivity contribution >= 4 is 40.8 Å². The van der Waals surface area contributed by atoms with E-state index in [-0.39, 0.29) is 57.0 Å². The smallest absolute Gasteiger partial charge is 0.756 e. The van der Waals surface area contributed by atoms with Gasteiger partial charge in [-0.1, -0.05) is 428 Å². The van der Waals surface area contributed by atoms with Crippen molar-refractivity contribution in [3.05, 3.63) is 0 Å². The maximum atomic E-state index is 12.0. The van der Waals surface area contributed by atoms with Crippen molar-refractivity contribution in [2.24, 2.45) is 17.8 Å². The van der Waals surface area contributed by atoms with Crippen LogP contribution in [0.4, 0.5) is 0 Å². The van der Waals surface area contributed by atoms with Crippen molar-refractivity contribution < 1.29 is 69.7 Å². The van der Waals surface area contributed by atoms with E-state index >= 15 is 0 Å². The van der Waals surface area contributed by atoms with Gasteiger partial charge in [0.15, 0.2) is 0 Å². The van der Waals surface area contributed by atoms with Crippen LogP contribution >= 0.6 is 23.5 Å². The zero-order valence-electron chi connectivity index (χ0n) is 78.2. The fraction of sp³-hybridized carbons (Fsp3) is 1.00. The van der Waals surface area contributed by atoms with Gasteiger partial charge in [-0.05, 0) is 114 Å². The minimum absolute atomic E-state index is 0. The number of rotatable bonds is 96. The van der Waals surface area contributed by atoms with Gasteiger partial charge < -0.3 is 56.0 Å². The molecule has 0 aromatic carbocycles. The molecule has 0 aromatic heterocycles. The number of ether oxygens (including phenoxy) is 3. The number of hydrogen-bond acceptors (Lipinski definition) is 15. The minimum Gasteiger partial charge on any atom is -0.756 e. The van der Waals surface area contributed by atoms with E-state index in [4.69, 9.17) is 41.4 Å². The molecule has 0 heterocycles. The van der Waals surface area contributed by atoms with Gasteiger partial charge in [-0.3, -0.25) is 13.7 Å². The molecule has 690 valence electrons. The van der Waals surface area contributed by atoms with Crippen LogP contribution in [-0.2, 0) is 55.0 Å². The Morgan fingerprint density at radius 2 is 0.304 bits per heavy atom. The molecular formula is C96H198AlO15P3. The van der Waals surface area contributed by atoms with Crippen LogP contribution in [-0.4, -0.2) is 96.6 Å². The Labute approximate surface area is 727 Å². The zero-order chi connectivity index (χ0) is 84.0. The van der Waals surface area contributed by atoms with Crippen molar-refractivity contribution in [2.75, 3.05) is 79.3 Å². The van der Waals surface area contributed by atoms with Crippen LogP contribution in [0.2, 0.25) is 0 Å². The average Bonchev–Trinajstić information content (AvgIpc) is 0.964. The van der Waals surface area contributed by atoms with E-state index in [1.165, 1.54) is 308 Å². The van der Waals surface area contributed by atoms with Gasteiger partial charge in [0.05, 0.1) is 39.6 Å². The van der Waals surface area contributed by atoms with Crippen molar-refractivity contribution in [3.63, 3.8) is 0 Å². The maximum absolute atomic E-state index is 12.0. The van der Waals surface area contributed by atoms with E-state index in [9.17, 15) is 28.4 Å². The van der Waals surface area contributed by atoms with Crippen LogP contribution in [0.3, 0.4) is 0 Å². The molecule has 0 saturated heterocycles. The van der Waals surface area contributed by atoms with Gasteiger partial charge in [0.25, 0.3) is 23.5 Å². The Bertz CT molecular complexity index is 1720. The fourth-order valence-electron chi connectivity index (χ4n) is 15.1. The van der Waals surface area contributed by atoms with Gasteiger partial charge in [0.2, 0.25) is 0 Å². The zero-order valence-corrected chi connectivity index (χ0v) is 82.0. The summed E-state index contributed by atoms with van der Waals surface area (Å²) in [7, 11) is -12.4. The largest absolute Gasteiger partial charge is 3.00 e. The summed E-state index contributed by atoms with van der Waals surface area (Å²) in [5.41, 5.74) is 0. The first kappa shape index (κ1) is 122. The Balaban J connectivity index is -0.000000800. The van der Waals surface area contributed by atoms with Crippen molar-refractivity contribution in [2.45, 2.75) is 525 Å². The normalized spacial score (nSPS) is 14.0. The molecule has 0 bridgehead atoms. The average molecular weight is 1710 g/mol. The topological polar surface area (TPSA) is 203 Å². The fourth-order valence-corrected chi connectivity index (χ4v) is 17.5. The monoisotopic (exact) mass is 1710 g/mol. The second-order valence-corrected chi connectivity index (χ2v) is 38.2. The van der Waals surface area contributed by atoms with Crippen LogP contribution in [0, 0.1) is 17.8 Å².